The van der Waals surface area contributed by atoms with Gasteiger partial charge in [-0.15, -0.1) is 0 Å². The molecular weight excluding hydrogens is 148 g/mol. The van der Waals surface area contributed by atoms with Crippen molar-refractivity contribution in [2.45, 2.75) is 6.42 Å². The second-order valence-corrected chi connectivity index (χ2v) is 1.80. The molecular formula is C6H6N2O3. The third kappa shape index (κ3) is 2.21. The van der Waals surface area contributed by atoms with Crippen molar-refractivity contribution in [3.63, 3.8) is 0 Å². The van der Waals surface area contributed by atoms with Crippen LogP contribution in [0.3, 0.4) is 0 Å². The maximum Gasteiger partial charge on any atom is 0.320 e. The summed E-state index contributed by atoms with van der Waals surface area (Å²) in [6.45, 7) is 0.102. The number of H-pyrrole nitrogens is 1. The van der Waals surface area contributed by atoms with E-state index < -0.39 is 5.97 Å². The Morgan fingerprint density at radius 3 is 3.18 bits per heavy atom. The smallest absolute Gasteiger partial charge is 0.320 e. The maximum absolute atomic E-state index is 10.6. The Morgan fingerprint density at radius 2 is 2.64 bits per heavy atom. The molecule has 58 valence electrons. The van der Waals surface area contributed by atoms with Crippen LogP contribution in [0.15, 0.2) is 12.4 Å². The van der Waals surface area contributed by atoms with Crippen LogP contribution < -0.4 is 0 Å². The minimum Gasteiger partial charge on any atom is -0.395 e. The van der Waals surface area contributed by atoms with Crippen LogP contribution in [0.25, 0.3) is 0 Å². The molecule has 1 rings (SSSR count). The zero-order valence-corrected chi connectivity index (χ0v) is 5.61. The van der Waals surface area contributed by atoms with Crippen LogP contribution in [0.1, 0.15) is 5.82 Å². The van der Waals surface area contributed by atoms with E-state index in [0.717, 1.165) is 0 Å². The lowest BCUT2D eigenvalue weighted by Crippen LogP contribution is -2.07. The average Bonchev–Trinajstić information content (AvgIpc) is 2.40. The fraction of sp³-hybridized carbons (Fsp3) is 0.167. The molecule has 0 aliphatic rings. The largest absolute Gasteiger partial charge is 0.395 e. The molecule has 5 heteroatoms. The first-order chi connectivity index (χ1) is 5.33. The van der Waals surface area contributed by atoms with Crippen molar-refractivity contribution in [1.82, 2.24) is 9.97 Å². The molecule has 0 amide bonds. The Bertz CT molecular complexity index is 242. The first-order valence-corrected chi connectivity index (χ1v) is 2.94. The van der Waals surface area contributed by atoms with Crippen molar-refractivity contribution in [1.29, 1.82) is 0 Å². The predicted molar refractivity (Wildman–Crippen MR) is 34.4 cm³/mol. The number of hydrogen-bond donors (Lipinski definition) is 1. The van der Waals surface area contributed by atoms with E-state index in [9.17, 15) is 9.59 Å². The van der Waals surface area contributed by atoms with Crippen molar-refractivity contribution >= 4 is 12.4 Å². The van der Waals surface area contributed by atoms with Crippen molar-refractivity contribution in [2.24, 2.45) is 0 Å². The number of rotatable bonds is 3. The van der Waals surface area contributed by atoms with Gasteiger partial charge in [0.1, 0.15) is 12.2 Å². The predicted octanol–water partition coefficient (Wildman–Crippen LogP) is -0.348. The van der Waals surface area contributed by atoms with Gasteiger partial charge < -0.3 is 9.72 Å². The van der Waals surface area contributed by atoms with Crippen molar-refractivity contribution in [3.05, 3.63) is 18.2 Å². The van der Waals surface area contributed by atoms with Gasteiger partial charge in [0.25, 0.3) is 0 Å². The Labute approximate surface area is 62.4 Å². The van der Waals surface area contributed by atoms with Crippen LogP contribution in [0.2, 0.25) is 0 Å². The Hall–Kier alpha value is -1.65. The minimum absolute atomic E-state index is 0.00819. The second kappa shape index (κ2) is 3.50. The van der Waals surface area contributed by atoms with Crippen LogP contribution in [0.4, 0.5) is 0 Å². The molecule has 0 unspecified atom stereocenters. The lowest BCUT2D eigenvalue weighted by molar-refractivity contribution is -0.150. The van der Waals surface area contributed by atoms with E-state index in [0.29, 0.717) is 5.82 Å². The third-order valence-corrected chi connectivity index (χ3v) is 1.05. The molecule has 0 fully saturated rings. The topological polar surface area (TPSA) is 72.1 Å². The van der Waals surface area contributed by atoms with Crippen molar-refractivity contribution in [3.8, 4) is 0 Å². The first kappa shape index (κ1) is 7.46. The number of nitrogens with one attached hydrogen (secondary N) is 1. The fourth-order valence-electron chi connectivity index (χ4n) is 0.627. The highest BCUT2D eigenvalue weighted by Crippen LogP contribution is 1.90. The number of imidazole rings is 1. The molecule has 1 aromatic heterocycles. The lowest BCUT2D eigenvalue weighted by atomic mass is 10.4. The minimum atomic E-state index is -0.616. The van der Waals surface area contributed by atoms with Gasteiger partial charge in [0.2, 0.25) is 0 Å². The second-order valence-electron chi connectivity index (χ2n) is 1.80. The molecule has 0 saturated heterocycles. The molecule has 0 radical (unpaired) electrons. The zero-order valence-electron chi connectivity index (χ0n) is 5.61. The van der Waals surface area contributed by atoms with E-state index in [2.05, 4.69) is 14.7 Å². The van der Waals surface area contributed by atoms with Gasteiger partial charge in [-0.25, -0.2) is 4.98 Å². The van der Waals surface area contributed by atoms with Crippen LogP contribution in [0.5, 0.6) is 0 Å². The van der Waals surface area contributed by atoms with Gasteiger partial charge in [-0.2, -0.15) is 0 Å². The van der Waals surface area contributed by atoms with E-state index in [4.69, 9.17) is 0 Å². The van der Waals surface area contributed by atoms with E-state index in [1.807, 2.05) is 0 Å². The highest BCUT2D eigenvalue weighted by molar-refractivity contribution is 5.77. The van der Waals surface area contributed by atoms with E-state index in [1.54, 1.807) is 6.20 Å². The third-order valence-electron chi connectivity index (χ3n) is 1.05. The summed E-state index contributed by atoms with van der Waals surface area (Å²) in [5.41, 5.74) is 0. The highest BCUT2D eigenvalue weighted by atomic mass is 16.6. The average molecular weight is 154 g/mol. The molecule has 0 spiro atoms. The number of ether oxygens (including phenoxy) is 1. The summed E-state index contributed by atoms with van der Waals surface area (Å²) in [6.07, 6.45) is 3.10. The van der Waals surface area contributed by atoms with Crippen LogP contribution in [0, 0.1) is 0 Å². The molecule has 1 heterocycles. The number of aromatic amines is 1. The summed E-state index contributed by atoms with van der Waals surface area (Å²) in [6, 6.07) is 0. The lowest BCUT2D eigenvalue weighted by Gasteiger charge is -1.91. The number of aromatic nitrogens is 2. The van der Waals surface area contributed by atoms with Gasteiger partial charge in [-0.1, -0.05) is 0 Å². The Balaban J connectivity index is 2.43. The van der Waals surface area contributed by atoms with E-state index in [1.165, 1.54) is 6.20 Å². The number of esters is 1. The Morgan fingerprint density at radius 1 is 1.82 bits per heavy atom. The summed E-state index contributed by atoms with van der Waals surface area (Å²) in [5.74, 6) is -0.133. The van der Waals surface area contributed by atoms with Gasteiger partial charge in [0.05, 0.1) is 0 Å². The zero-order chi connectivity index (χ0) is 8.10. The Kier molecular flexibility index (Phi) is 2.37. The summed E-state index contributed by atoms with van der Waals surface area (Å²) >= 11 is 0. The molecule has 5 nitrogen and oxygen atoms in total. The summed E-state index contributed by atoms with van der Waals surface area (Å²) < 4.78 is 4.04. The quantitative estimate of drug-likeness (QED) is 0.367. The highest BCUT2D eigenvalue weighted by Gasteiger charge is 2.04. The molecule has 0 atom stereocenters. The molecule has 0 aromatic carbocycles. The monoisotopic (exact) mass is 154 g/mol. The first-order valence-electron chi connectivity index (χ1n) is 2.94. The number of hydrogen-bond acceptors (Lipinski definition) is 4. The van der Waals surface area contributed by atoms with Crippen molar-refractivity contribution in [2.75, 3.05) is 0 Å². The molecule has 1 N–H and O–H groups in total. The molecule has 0 aliphatic heterocycles. The van der Waals surface area contributed by atoms with Gasteiger partial charge in [0.15, 0.2) is 0 Å². The number of nitrogens with zero attached hydrogens (tertiary/aromatic N) is 1. The van der Waals surface area contributed by atoms with Gasteiger partial charge in [-0.05, 0) is 0 Å². The van der Waals surface area contributed by atoms with Gasteiger partial charge >= 0.3 is 12.4 Å². The van der Waals surface area contributed by atoms with E-state index in [-0.39, 0.29) is 12.9 Å². The van der Waals surface area contributed by atoms with E-state index >= 15 is 0 Å². The molecule has 0 saturated carbocycles. The fourth-order valence-corrected chi connectivity index (χ4v) is 0.627. The molecule has 0 bridgehead atoms. The van der Waals surface area contributed by atoms with Crippen molar-refractivity contribution < 1.29 is 14.3 Å². The molecule has 0 aliphatic carbocycles. The van der Waals surface area contributed by atoms with Crippen LogP contribution >= 0.6 is 0 Å². The van der Waals surface area contributed by atoms with Crippen LogP contribution in [-0.2, 0) is 20.7 Å². The summed E-state index contributed by atoms with van der Waals surface area (Å²) in [7, 11) is 0. The normalized spacial score (nSPS) is 9.09. The number of carbonyl (C=O) groups is 2. The van der Waals surface area contributed by atoms with Crippen LogP contribution in [-0.4, -0.2) is 22.4 Å². The molecule has 11 heavy (non-hydrogen) atoms. The summed E-state index contributed by atoms with van der Waals surface area (Å²) in [4.78, 5) is 26.7. The van der Waals surface area contributed by atoms with Gasteiger partial charge in [0, 0.05) is 12.4 Å². The standard InChI is InChI=1S/C6H6N2O3/c9-4-11-6(10)3-5-7-1-2-8-5/h1-2,4H,3H2,(H,7,8). The van der Waals surface area contributed by atoms with Gasteiger partial charge in [-0.3, -0.25) is 9.59 Å². The SMILES string of the molecule is O=COC(=O)Cc1ncc[nH]1. The number of carbonyl (C=O) groups excluding carboxylic acids is 2. The summed E-state index contributed by atoms with van der Waals surface area (Å²) in [5, 5.41) is 0. The molecule has 1 aromatic rings. The maximum atomic E-state index is 10.6.